The molecule has 0 bridgehead atoms. The molecule has 0 unspecified atom stereocenters. The molecule has 1 N–H and O–H groups in total. The molecule has 3 rings (SSSR count). The summed E-state index contributed by atoms with van der Waals surface area (Å²) < 4.78 is 16.0. The highest BCUT2D eigenvalue weighted by Crippen LogP contribution is 2.32. The van der Waals surface area contributed by atoms with Crippen molar-refractivity contribution in [2.24, 2.45) is 0 Å². The van der Waals surface area contributed by atoms with Crippen LogP contribution in [0.5, 0.6) is 11.5 Å². The van der Waals surface area contributed by atoms with Crippen LogP contribution in [-0.2, 0) is 18.0 Å². The van der Waals surface area contributed by atoms with Crippen LogP contribution in [0.3, 0.4) is 0 Å². The number of fused-ring (bicyclic) bond motifs is 1. The molecule has 1 aliphatic heterocycles. The molecule has 0 saturated carbocycles. The third-order valence-corrected chi connectivity index (χ3v) is 2.97. The van der Waals surface area contributed by atoms with Crippen molar-refractivity contribution >= 4 is 5.97 Å². The minimum Gasteiger partial charge on any atom is -0.478 e. The fourth-order valence-electron chi connectivity index (χ4n) is 1.94. The van der Waals surface area contributed by atoms with Gasteiger partial charge < -0.3 is 19.3 Å². The van der Waals surface area contributed by atoms with Gasteiger partial charge in [0.2, 0.25) is 6.79 Å². The Morgan fingerprint density at radius 2 is 2.14 bits per heavy atom. The molecule has 2 aromatic rings. The molecule has 1 aromatic carbocycles. The van der Waals surface area contributed by atoms with Crippen molar-refractivity contribution in [2.45, 2.75) is 13.2 Å². The molecule has 21 heavy (non-hydrogen) atoms. The van der Waals surface area contributed by atoms with Crippen molar-refractivity contribution in [3.8, 4) is 11.5 Å². The number of ether oxygens (including phenoxy) is 3. The smallest absolute Gasteiger partial charge is 0.339 e. The summed E-state index contributed by atoms with van der Waals surface area (Å²) in [5.74, 6) is 0.323. The molecule has 0 saturated heterocycles. The van der Waals surface area contributed by atoms with Gasteiger partial charge >= 0.3 is 5.97 Å². The zero-order valence-corrected chi connectivity index (χ0v) is 11.0. The second-order valence-electron chi connectivity index (χ2n) is 4.37. The van der Waals surface area contributed by atoms with Crippen molar-refractivity contribution < 1.29 is 24.1 Å². The van der Waals surface area contributed by atoms with Crippen LogP contribution in [0.25, 0.3) is 0 Å². The third-order valence-electron chi connectivity index (χ3n) is 2.97. The Morgan fingerprint density at radius 3 is 3.00 bits per heavy atom. The normalized spacial score (nSPS) is 12.4. The van der Waals surface area contributed by atoms with E-state index < -0.39 is 5.97 Å². The minimum atomic E-state index is -1.07. The molecule has 0 fully saturated rings. The average molecular weight is 288 g/mol. The topological polar surface area (TPSA) is 90.8 Å². The molecule has 7 nitrogen and oxygen atoms in total. The van der Waals surface area contributed by atoms with E-state index in [1.807, 2.05) is 18.2 Å². The van der Waals surface area contributed by atoms with Crippen molar-refractivity contribution in [1.82, 2.24) is 9.97 Å². The number of nitrogens with zero attached hydrogens (tertiary/aromatic N) is 2. The number of aromatic nitrogens is 2. The molecule has 0 radical (unpaired) electrons. The van der Waals surface area contributed by atoms with Crippen LogP contribution in [0.2, 0.25) is 0 Å². The lowest BCUT2D eigenvalue weighted by atomic mass is 10.2. The molecule has 1 aliphatic rings. The highest BCUT2D eigenvalue weighted by Gasteiger charge is 2.14. The highest BCUT2D eigenvalue weighted by atomic mass is 16.7. The van der Waals surface area contributed by atoms with Gasteiger partial charge in [0.25, 0.3) is 0 Å². The predicted octanol–water partition coefficient (Wildman–Crippen LogP) is 1.62. The maximum absolute atomic E-state index is 11.0. The first-order chi connectivity index (χ1) is 10.2. The summed E-state index contributed by atoms with van der Waals surface area (Å²) in [6.45, 7) is 0.640. The first-order valence-corrected chi connectivity index (χ1v) is 6.22. The minimum absolute atomic E-state index is 0.0446. The molecule has 108 valence electrons. The Bertz CT molecular complexity index is 674. The van der Waals surface area contributed by atoms with E-state index in [-0.39, 0.29) is 19.0 Å². The van der Waals surface area contributed by atoms with Crippen LogP contribution in [0.4, 0.5) is 0 Å². The molecular formula is C14H12N2O5. The Labute approximate surface area is 120 Å². The second-order valence-corrected chi connectivity index (χ2v) is 4.37. The van der Waals surface area contributed by atoms with E-state index in [4.69, 9.17) is 19.3 Å². The van der Waals surface area contributed by atoms with Crippen molar-refractivity contribution in [3.05, 3.63) is 47.5 Å². The van der Waals surface area contributed by atoms with Gasteiger partial charge in [-0.3, -0.25) is 0 Å². The summed E-state index contributed by atoms with van der Waals surface area (Å²) in [5.41, 5.74) is 1.30. The molecule has 0 amide bonds. The monoisotopic (exact) mass is 288 g/mol. The van der Waals surface area contributed by atoms with E-state index in [1.165, 1.54) is 12.5 Å². The summed E-state index contributed by atoms with van der Waals surface area (Å²) in [5, 5.41) is 9.02. The van der Waals surface area contributed by atoms with Crippen molar-refractivity contribution in [1.29, 1.82) is 0 Å². The van der Waals surface area contributed by atoms with Gasteiger partial charge in [-0.15, -0.1) is 0 Å². The number of benzene rings is 1. The molecular weight excluding hydrogens is 276 g/mol. The van der Waals surface area contributed by atoms with Crippen LogP contribution >= 0.6 is 0 Å². The Balaban J connectivity index is 1.63. The van der Waals surface area contributed by atoms with Crippen LogP contribution in [0.1, 0.15) is 21.6 Å². The van der Waals surface area contributed by atoms with E-state index in [9.17, 15) is 4.79 Å². The van der Waals surface area contributed by atoms with E-state index in [0.29, 0.717) is 23.8 Å². The van der Waals surface area contributed by atoms with Gasteiger partial charge in [-0.25, -0.2) is 14.8 Å². The summed E-state index contributed by atoms with van der Waals surface area (Å²) in [6, 6.07) is 5.51. The van der Waals surface area contributed by atoms with Crippen molar-refractivity contribution in [2.75, 3.05) is 6.79 Å². The lowest BCUT2D eigenvalue weighted by Crippen LogP contribution is -2.07. The van der Waals surface area contributed by atoms with Gasteiger partial charge in [0.1, 0.15) is 11.9 Å². The van der Waals surface area contributed by atoms with Crippen LogP contribution in [0.15, 0.2) is 30.7 Å². The fourth-order valence-corrected chi connectivity index (χ4v) is 1.94. The van der Waals surface area contributed by atoms with Gasteiger partial charge in [0.05, 0.1) is 18.9 Å². The summed E-state index contributed by atoms with van der Waals surface area (Å²) in [6.07, 6.45) is 2.56. The second kappa shape index (κ2) is 5.76. The zero-order chi connectivity index (χ0) is 14.7. The number of carboxylic acids is 1. The fraction of sp³-hybridized carbons (Fsp3) is 0.214. The lowest BCUT2D eigenvalue weighted by Gasteiger charge is -2.06. The highest BCUT2D eigenvalue weighted by molar-refractivity contribution is 5.88. The molecule has 2 heterocycles. The summed E-state index contributed by atoms with van der Waals surface area (Å²) in [4.78, 5) is 18.6. The Kier molecular flexibility index (Phi) is 3.65. The van der Waals surface area contributed by atoms with E-state index in [2.05, 4.69) is 9.97 Å². The first-order valence-electron chi connectivity index (χ1n) is 6.22. The van der Waals surface area contributed by atoms with Gasteiger partial charge in [0.15, 0.2) is 11.5 Å². The number of hydrogen-bond donors (Lipinski definition) is 1. The first kappa shape index (κ1) is 13.3. The zero-order valence-electron chi connectivity index (χ0n) is 11.0. The number of carbonyl (C=O) groups is 1. The van der Waals surface area contributed by atoms with Crippen LogP contribution < -0.4 is 9.47 Å². The SMILES string of the molecule is O=C(O)c1cncnc1COCc1ccc2c(c1)OCO2. The maximum Gasteiger partial charge on any atom is 0.339 e. The predicted molar refractivity (Wildman–Crippen MR) is 70.0 cm³/mol. The molecule has 7 heteroatoms. The number of rotatable bonds is 5. The maximum atomic E-state index is 11.0. The van der Waals surface area contributed by atoms with Gasteiger partial charge in [0, 0.05) is 6.20 Å². The quantitative estimate of drug-likeness (QED) is 0.893. The average Bonchev–Trinajstić information content (AvgIpc) is 2.95. The lowest BCUT2D eigenvalue weighted by molar-refractivity contribution is 0.0681. The standard InChI is InChI=1S/C14H12N2O5/c17-14(18)10-4-15-7-16-11(10)6-19-5-9-1-2-12-13(3-9)21-8-20-12/h1-4,7H,5-6,8H2,(H,17,18). The van der Waals surface area contributed by atoms with Gasteiger partial charge in [-0.1, -0.05) is 6.07 Å². The van der Waals surface area contributed by atoms with Gasteiger partial charge in [-0.05, 0) is 17.7 Å². The third kappa shape index (κ3) is 2.92. The Morgan fingerprint density at radius 1 is 1.29 bits per heavy atom. The summed E-state index contributed by atoms with van der Waals surface area (Å²) >= 11 is 0. The van der Waals surface area contributed by atoms with E-state index in [0.717, 1.165) is 5.56 Å². The number of aromatic carboxylic acids is 1. The summed E-state index contributed by atoms with van der Waals surface area (Å²) in [7, 11) is 0. The molecule has 0 atom stereocenters. The Hall–Kier alpha value is -2.67. The number of carboxylic acid groups (broad SMARTS) is 1. The van der Waals surface area contributed by atoms with Gasteiger partial charge in [-0.2, -0.15) is 0 Å². The van der Waals surface area contributed by atoms with E-state index in [1.54, 1.807) is 0 Å². The van der Waals surface area contributed by atoms with E-state index >= 15 is 0 Å². The molecule has 1 aromatic heterocycles. The van der Waals surface area contributed by atoms with Crippen LogP contribution in [0, 0.1) is 0 Å². The van der Waals surface area contributed by atoms with Crippen molar-refractivity contribution in [3.63, 3.8) is 0 Å². The molecule has 0 spiro atoms. The number of hydrogen-bond acceptors (Lipinski definition) is 6. The molecule has 0 aliphatic carbocycles. The van der Waals surface area contributed by atoms with Crippen LogP contribution in [-0.4, -0.2) is 27.8 Å². The largest absolute Gasteiger partial charge is 0.478 e.